The van der Waals surface area contributed by atoms with Crippen molar-refractivity contribution < 1.29 is 19.4 Å². The van der Waals surface area contributed by atoms with Gasteiger partial charge in [0.1, 0.15) is 11.4 Å². The molecule has 0 fully saturated rings. The summed E-state index contributed by atoms with van der Waals surface area (Å²) in [5.41, 5.74) is 0.280. The topological polar surface area (TPSA) is 76.5 Å². The van der Waals surface area contributed by atoms with Crippen LogP contribution in [0.5, 0.6) is 5.75 Å². The average Bonchev–Trinajstić information content (AvgIpc) is 2.15. The van der Waals surface area contributed by atoms with Gasteiger partial charge in [-0.2, -0.15) is 0 Å². The largest absolute Gasteiger partial charge is 0.480 e. The Bertz CT molecular complexity index is 306. The van der Waals surface area contributed by atoms with Gasteiger partial charge in [-0.05, 0) is 12.1 Å². The van der Waals surface area contributed by atoms with Crippen molar-refractivity contribution in [3.05, 3.63) is 24.0 Å². The monoisotopic (exact) mass is 181 g/mol. The van der Waals surface area contributed by atoms with Crippen LogP contribution in [0.2, 0.25) is 0 Å². The van der Waals surface area contributed by atoms with Gasteiger partial charge < -0.3 is 9.84 Å². The summed E-state index contributed by atoms with van der Waals surface area (Å²) in [7, 11) is 0. The molecule has 0 aliphatic carbocycles. The fraction of sp³-hybridized carbons (Fsp3) is 0.125. The number of ether oxygens (including phenoxy) is 1. The van der Waals surface area contributed by atoms with Crippen LogP contribution in [0, 0.1) is 0 Å². The molecular weight excluding hydrogens is 174 g/mol. The number of aldehydes is 1. The van der Waals surface area contributed by atoms with E-state index in [1.807, 2.05) is 0 Å². The molecule has 0 saturated carbocycles. The van der Waals surface area contributed by atoms with E-state index in [-0.39, 0.29) is 5.69 Å². The highest BCUT2D eigenvalue weighted by molar-refractivity contribution is 5.71. The van der Waals surface area contributed by atoms with Crippen molar-refractivity contribution in [1.82, 2.24) is 4.98 Å². The fourth-order valence-corrected chi connectivity index (χ4v) is 0.692. The number of hydrogen-bond donors (Lipinski definition) is 1. The van der Waals surface area contributed by atoms with Gasteiger partial charge in [-0.3, -0.25) is 4.79 Å². The Morgan fingerprint density at radius 2 is 2.38 bits per heavy atom. The Balaban J connectivity index is 2.59. The smallest absolute Gasteiger partial charge is 0.341 e. The normalized spacial score (nSPS) is 9.23. The summed E-state index contributed by atoms with van der Waals surface area (Å²) in [6.07, 6.45) is 1.90. The van der Waals surface area contributed by atoms with E-state index < -0.39 is 12.6 Å². The van der Waals surface area contributed by atoms with Crippen molar-refractivity contribution in [1.29, 1.82) is 0 Å². The molecule has 0 aromatic carbocycles. The van der Waals surface area contributed by atoms with Crippen molar-refractivity contribution in [3.63, 3.8) is 0 Å². The van der Waals surface area contributed by atoms with Crippen molar-refractivity contribution in [2.75, 3.05) is 6.61 Å². The summed E-state index contributed by atoms with van der Waals surface area (Å²) in [5.74, 6) is -0.729. The minimum atomic E-state index is -1.06. The second kappa shape index (κ2) is 4.20. The Morgan fingerprint density at radius 1 is 1.62 bits per heavy atom. The Kier molecular flexibility index (Phi) is 2.97. The van der Waals surface area contributed by atoms with E-state index in [1.165, 1.54) is 18.3 Å². The Hall–Kier alpha value is -1.91. The maximum absolute atomic E-state index is 10.2. The first-order valence-corrected chi connectivity index (χ1v) is 3.48. The number of aliphatic carboxylic acids is 1. The third-order valence-electron chi connectivity index (χ3n) is 1.24. The predicted octanol–water partition coefficient (Wildman–Crippen LogP) is 0.358. The number of hydrogen-bond acceptors (Lipinski definition) is 4. The molecule has 0 radical (unpaired) electrons. The number of pyridine rings is 1. The minimum Gasteiger partial charge on any atom is -0.480 e. The average molecular weight is 181 g/mol. The van der Waals surface area contributed by atoms with E-state index in [2.05, 4.69) is 4.98 Å². The third kappa shape index (κ3) is 2.90. The molecule has 0 spiro atoms. The first-order chi connectivity index (χ1) is 6.22. The molecule has 5 nitrogen and oxygen atoms in total. The lowest BCUT2D eigenvalue weighted by Crippen LogP contribution is -2.09. The van der Waals surface area contributed by atoms with Crippen LogP contribution in [0.25, 0.3) is 0 Å². The summed E-state index contributed by atoms with van der Waals surface area (Å²) < 4.78 is 4.79. The SMILES string of the molecule is O=Cc1ccc(OCC(=O)O)cn1. The third-order valence-corrected chi connectivity index (χ3v) is 1.24. The number of carbonyl (C=O) groups is 2. The van der Waals surface area contributed by atoms with Crippen molar-refractivity contribution in [3.8, 4) is 5.75 Å². The van der Waals surface area contributed by atoms with Crippen molar-refractivity contribution >= 4 is 12.3 Å². The molecule has 1 aromatic rings. The molecule has 0 atom stereocenters. The predicted molar refractivity (Wildman–Crippen MR) is 42.8 cm³/mol. The molecule has 68 valence electrons. The van der Waals surface area contributed by atoms with Crippen LogP contribution in [0.3, 0.4) is 0 Å². The number of carboxylic acids is 1. The number of carboxylic acid groups (broad SMARTS) is 1. The molecule has 13 heavy (non-hydrogen) atoms. The van der Waals surface area contributed by atoms with Crippen molar-refractivity contribution in [2.24, 2.45) is 0 Å². The highest BCUT2D eigenvalue weighted by Gasteiger charge is 1.99. The molecule has 0 unspecified atom stereocenters. The second-order valence-electron chi connectivity index (χ2n) is 2.22. The van der Waals surface area contributed by atoms with Crippen LogP contribution in [-0.4, -0.2) is 29.0 Å². The van der Waals surface area contributed by atoms with E-state index >= 15 is 0 Å². The zero-order valence-electron chi connectivity index (χ0n) is 6.64. The van der Waals surface area contributed by atoms with Crippen LogP contribution >= 0.6 is 0 Å². The maximum Gasteiger partial charge on any atom is 0.341 e. The standard InChI is InChI=1S/C8H7NO4/c10-4-6-1-2-7(3-9-6)13-5-8(11)12/h1-4H,5H2,(H,11,12). The van der Waals surface area contributed by atoms with Gasteiger partial charge in [-0.1, -0.05) is 0 Å². The quantitative estimate of drug-likeness (QED) is 0.678. The van der Waals surface area contributed by atoms with E-state index in [4.69, 9.17) is 9.84 Å². The molecule has 0 bridgehead atoms. The summed E-state index contributed by atoms with van der Waals surface area (Å²) in [4.78, 5) is 24.0. The lowest BCUT2D eigenvalue weighted by Gasteiger charge is -2.01. The molecule has 1 aromatic heterocycles. The van der Waals surface area contributed by atoms with Gasteiger partial charge in [-0.15, -0.1) is 0 Å². The summed E-state index contributed by atoms with van der Waals surface area (Å²) in [6, 6.07) is 2.93. The zero-order valence-corrected chi connectivity index (χ0v) is 6.64. The molecule has 0 saturated heterocycles. The molecule has 1 rings (SSSR count). The van der Waals surface area contributed by atoms with Gasteiger partial charge >= 0.3 is 5.97 Å². The van der Waals surface area contributed by atoms with Crippen LogP contribution in [0.4, 0.5) is 0 Å². The molecule has 1 heterocycles. The van der Waals surface area contributed by atoms with Gasteiger partial charge in [0.2, 0.25) is 0 Å². The molecule has 0 aliphatic heterocycles. The van der Waals surface area contributed by atoms with Crippen LogP contribution in [-0.2, 0) is 4.79 Å². The van der Waals surface area contributed by atoms with Crippen molar-refractivity contribution in [2.45, 2.75) is 0 Å². The number of nitrogens with zero attached hydrogens (tertiary/aromatic N) is 1. The first-order valence-electron chi connectivity index (χ1n) is 3.48. The van der Waals surface area contributed by atoms with Gasteiger partial charge in [0.25, 0.3) is 0 Å². The van der Waals surface area contributed by atoms with E-state index in [9.17, 15) is 9.59 Å². The Morgan fingerprint density at radius 3 is 2.85 bits per heavy atom. The van der Waals surface area contributed by atoms with Gasteiger partial charge in [0, 0.05) is 0 Å². The van der Waals surface area contributed by atoms with Crippen LogP contribution < -0.4 is 4.74 Å². The molecule has 0 aliphatic rings. The van der Waals surface area contributed by atoms with E-state index in [0.717, 1.165) is 0 Å². The Labute approximate surface area is 74.0 Å². The molecule has 1 N–H and O–H groups in total. The van der Waals surface area contributed by atoms with Crippen LogP contribution in [0.15, 0.2) is 18.3 Å². The van der Waals surface area contributed by atoms with Gasteiger partial charge in [0.05, 0.1) is 6.20 Å². The molecular formula is C8H7NO4. The van der Waals surface area contributed by atoms with E-state index in [0.29, 0.717) is 12.0 Å². The van der Waals surface area contributed by atoms with Gasteiger partial charge in [-0.25, -0.2) is 9.78 Å². The highest BCUT2D eigenvalue weighted by atomic mass is 16.5. The second-order valence-corrected chi connectivity index (χ2v) is 2.22. The minimum absolute atomic E-state index is 0.280. The highest BCUT2D eigenvalue weighted by Crippen LogP contribution is 2.07. The lowest BCUT2D eigenvalue weighted by molar-refractivity contribution is -0.139. The maximum atomic E-state index is 10.2. The summed E-state index contributed by atoms with van der Waals surface area (Å²) >= 11 is 0. The first kappa shape index (κ1) is 9.18. The fourth-order valence-electron chi connectivity index (χ4n) is 0.692. The number of rotatable bonds is 4. The van der Waals surface area contributed by atoms with E-state index in [1.54, 1.807) is 0 Å². The lowest BCUT2D eigenvalue weighted by atomic mass is 10.4. The summed E-state index contributed by atoms with van der Waals surface area (Å²) in [6.45, 7) is -0.415. The molecule has 0 amide bonds. The number of carbonyl (C=O) groups excluding carboxylic acids is 1. The zero-order chi connectivity index (χ0) is 9.68. The number of aromatic nitrogens is 1. The molecule has 5 heteroatoms. The van der Waals surface area contributed by atoms with Gasteiger partial charge in [0.15, 0.2) is 12.9 Å². The van der Waals surface area contributed by atoms with Crippen LogP contribution in [0.1, 0.15) is 10.5 Å². The summed E-state index contributed by atoms with van der Waals surface area (Å²) in [5, 5.41) is 8.27.